The minimum atomic E-state index is 0.433. The summed E-state index contributed by atoms with van der Waals surface area (Å²) in [5, 5.41) is 0. The predicted molar refractivity (Wildman–Crippen MR) is 67.7 cm³/mol. The van der Waals surface area contributed by atoms with Crippen LogP contribution in [0.25, 0.3) is 0 Å². The molecule has 15 heavy (non-hydrogen) atoms. The van der Waals surface area contributed by atoms with Gasteiger partial charge in [-0.1, -0.05) is 23.8 Å². The Morgan fingerprint density at radius 2 is 1.93 bits per heavy atom. The monoisotopic (exact) mass is 225 g/mol. The van der Waals surface area contributed by atoms with Crippen LogP contribution in [0.3, 0.4) is 0 Å². The Morgan fingerprint density at radius 3 is 2.47 bits per heavy atom. The Balaban J connectivity index is 3.04. The van der Waals surface area contributed by atoms with Gasteiger partial charge in [0.25, 0.3) is 0 Å². The molecule has 0 spiro atoms. The van der Waals surface area contributed by atoms with E-state index in [1.807, 2.05) is 0 Å². The fourth-order valence-corrected chi connectivity index (χ4v) is 2.12. The zero-order chi connectivity index (χ0) is 11.4. The molecule has 0 fully saturated rings. The van der Waals surface area contributed by atoms with Gasteiger partial charge in [0, 0.05) is 11.9 Å². The van der Waals surface area contributed by atoms with Gasteiger partial charge in [-0.2, -0.15) is 0 Å². The van der Waals surface area contributed by atoms with Crippen molar-refractivity contribution in [1.82, 2.24) is 4.90 Å². The number of benzene rings is 1. The van der Waals surface area contributed by atoms with Gasteiger partial charge < -0.3 is 4.90 Å². The second kappa shape index (κ2) is 5.53. The van der Waals surface area contributed by atoms with Gasteiger partial charge in [-0.3, -0.25) is 0 Å². The third kappa shape index (κ3) is 3.22. The predicted octanol–water partition coefficient (Wildman–Crippen LogP) is 3.54. The second-order valence-electron chi connectivity index (χ2n) is 4.32. The molecule has 0 saturated heterocycles. The van der Waals surface area contributed by atoms with Gasteiger partial charge in [0.15, 0.2) is 0 Å². The Hall–Kier alpha value is -0.530. The van der Waals surface area contributed by atoms with E-state index >= 15 is 0 Å². The van der Waals surface area contributed by atoms with E-state index in [0.29, 0.717) is 11.9 Å². The molecular weight excluding hydrogens is 206 g/mol. The van der Waals surface area contributed by atoms with E-state index < -0.39 is 0 Å². The summed E-state index contributed by atoms with van der Waals surface area (Å²) < 4.78 is 0. The lowest BCUT2D eigenvalue weighted by atomic mass is 9.96. The lowest BCUT2D eigenvalue weighted by Gasteiger charge is -2.26. The lowest BCUT2D eigenvalue weighted by molar-refractivity contribution is 0.292. The highest BCUT2D eigenvalue weighted by atomic mass is 35.5. The van der Waals surface area contributed by atoms with Gasteiger partial charge in [-0.05, 0) is 45.5 Å². The molecule has 2 heteroatoms. The molecule has 0 amide bonds. The fraction of sp³-hybridized carbons (Fsp3) is 0.538. The molecule has 0 aliphatic heterocycles. The summed E-state index contributed by atoms with van der Waals surface area (Å²) in [7, 11) is 4.22. The molecule has 0 bridgehead atoms. The second-order valence-corrected chi connectivity index (χ2v) is 4.70. The summed E-state index contributed by atoms with van der Waals surface area (Å²) in [6.45, 7) is 4.30. The average molecular weight is 226 g/mol. The van der Waals surface area contributed by atoms with E-state index in [0.717, 1.165) is 6.42 Å². The molecule has 1 atom stereocenters. The summed E-state index contributed by atoms with van der Waals surface area (Å²) in [5.74, 6) is 0.705. The van der Waals surface area contributed by atoms with E-state index in [1.165, 1.54) is 16.7 Å². The van der Waals surface area contributed by atoms with Gasteiger partial charge in [0.1, 0.15) is 0 Å². The molecule has 0 radical (unpaired) electrons. The highest BCUT2D eigenvalue weighted by Gasteiger charge is 2.15. The van der Waals surface area contributed by atoms with Crippen LogP contribution in [0.4, 0.5) is 0 Å². The minimum Gasteiger partial charge on any atom is -0.302 e. The van der Waals surface area contributed by atoms with Crippen molar-refractivity contribution < 1.29 is 0 Å². The van der Waals surface area contributed by atoms with Crippen molar-refractivity contribution in [3.05, 3.63) is 34.9 Å². The summed E-state index contributed by atoms with van der Waals surface area (Å²) in [6, 6.07) is 7.05. The van der Waals surface area contributed by atoms with Crippen molar-refractivity contribution in [3.8, 4) is 0 Å². The van der Waals surface area contributed by atoms with Crippen molar-refractivity contribution >= 4 is 11.6 Å². The Bertz CT molecular complexity index is 320. The van der Waals surface area contributed by atoms with E-state index in [9.17, 15) is 0 Å². The van der Waals surface area contributed by atoms with Crippen LogP contribution in [0.1, 0.15) is 29.2 Å². The summed E-state index contributed by atoms with van der Waals surface area (Å²) >= 11 is 5.86. The van der Waals surface area contributed by atoms with Crippen molar-refractivity contribution in [1.29, 1.82) is 0 Å². The molecule has 0 aromatic heterocycles. The van der Waals surface area contributed by atoms with Crippen molar-refractivity contribution in [3.63, 3.8) is 0 Å². The standard InChI is InChI=1S/C13H20ClN/c1-10-5-6-11(2)12(9-10)13(7-8-14)15(3)4/h5-6,9,13H,7-8H2,1-4H3. The van der Waals surface area contributed by atoms with Crippen LogP contribution in [0.15, 0.2) is 18.2 Å². The lowest BCUT2D eigenvalue weighted by Crippen LogP contribution is -2.21. The first kappa shape index (κ1) is 12.5. The molecule has 1 unspecified atom stereocenters. The van der Waals surface area contributed by atoms with Gasteiger partial charge in [0.05, 0.1) is 0 Å². The quantitative estimate of drug-likeness (QED) is 0.709. The summed E-state index contributed by atoms with van der Waals surface area (Å²) in [5.41, 5.74) is 4.07. The average Bonchev–Trinajstić information content (AvgIpc) is 2.18. The number of rotatable bonds is 4. The maximum absolute atomic E-state index is 5.86. The van der Waals surface area contributed by atoms with Crippen LogP contribution < -0.4 is 0 Å². The van der Waals surface area contributed by atoms with Crippen LogP contribution in [-0.4, -0.2) is 24.9 Å². The Morgan fingerprint density at radius 1 is 1.27 bits per heavy atom. The highest BCUT2D eigenvalue weighted by Crippen LogP contribution is 2.26. The molecule has 1 rings (SSSR count). The minimum absolute atomic E-state index is 0.433. The van der Waals surface area contributed by atoms with Crippen LogP contribution in [0, 0.1) is 13.8 Å². The van der Waals surface area contributed by atoms with E-state index in [-0.39, 0.29) is 0 Å². The maximum Gasteiger partial charge on any atom is 0.0356 e. The molecule has 84 valence electrons. The van der Waals surface area contributed by atoms with Gasteiger partial charge in [-0.15, -0.1) is 11.6 Å². The fourth-order valence-electron chi connectivity index (χ4n) is 1.91. The maximum atomic E-state index is 5.86. The first-order chi connectivity index (χ1) is 7.06. The summed E-state index contributed by atoms with van der Waals surface area (Å²) in [4.78, 5) is 2.24. The SMILES string of the molecule is Cc1ccc(C)c(C(CCCl)N(C)C)c1. The third-order valence-electron chi connectivity index (χ3n) is 2.80. The van der Waals surface area contributed by atoms with Crippen LogP contribution in [0.5, 0.6) is 0 Å². The normalized spacial score (nSPS) is 13.2. The smallest absolute Gasteiger partial charge is 0.0356 e. The van der Waals surface area contributed by atoms with Crippen molar-refractivity contribution in [2.45, 2.75) is 26.3 Å². The summed E-state index contributed by atoms with van der Waals surface area (Å²) in [6.07, 6.45) is 0.999. The van der Waals surface area contributed by atoms with Crippen LogP contribution in [0.2, 0.25) is 0 Å². The molecular formula is C13H20ClN. The molecule has 0 aliphatic rings. The Labute approximate surface area is 98.0 Å². The molecule has 0 aliphatic carbocycles. The first-order valence-electron chi connectivity index (χ1n) is 5.35. The Kier molecular flexibility index (Phi) is 4.62. The van der Waals surface area contributed by atoms with Gasteiger partial charge in [-0.25, -0.2) is 0 Å². The van der Waals surface area contributed by atoms with Crippen molar-refractivity contribution in [2.24, 2.45) is 0 Å². The molecule has 1 aromatic rings. The number of nitrogens with zero attached hydrogens (tertiary/aromatic N) is 1. The molecule has 1 nitrogen and oxygen atoms in total. The highest BCUT2D eigenvalue weighted by molar-refractivity contribution is 6.17. The van der Waals surface area contributed by atoms with Gasteiger partial charge in [0.2, 0.25) is 0 Å². The van der Waals surface area contributed by atoms with Crippen LogP contribution >= 0.6 is 11.6 Å². The third-order valence-corrected chi connectivity index (χ3v) is 3.02. The zero-order valence-electron chi connectivity index (χ0n) is 10.0. The molecule has 1 aromatic carbocycles. The number of hydrogen-bond acceptors (Lipinski definition) is 1. The van der Waals surface area contributed by atoms with Crippen LogP contribution in [-0.2, 0) is 0 Å². The number of aryl methyl sites for hydroxylation is 2. The zero-order valence-corrected chi connectivity index (χ0v) is 10.8. The number of hydrogen-bond donors (Lipinski definition) is 0. The largest absolute Gasteiger partial charge is 0.302 e. The molecule has 0 saturated carbocycles. The van der Waals surface area contributed by atoms with Crippen molar-refractivity contribution in [2.75, 3.05) is 20.0 Å². The molecule has 0 heterocycles. The number of halogens is 1. The van der Waals surface area contributed by atoms with E-state index in [2.05, 4.69) is 51.0 Å². The van der Waals surface area contributed by atoms with Gasteiger partial charge >= 0.3 is 0 Å². The van der Waals surface area contributed by atoms with E-state index in [1.54, 1.807) is 0 Å². The van der Waals surface area contributed by atoms with E-state index in [4.69, 9.17) is 11.6 Å². The number of alkyl halides is 1. The first-order valence-corrected chi connectivity index (χ1v) is 5.89. The topological polar surface area (TPSA) is 3.24 Å². The molecule has 0 N–H and O–H groups in total.